The van der Waals surface area contributed by atoms with Crippen LogP contribution in [0.1, 0.15) is 58.2 Å². The standard InChI is InChI=1S/C18H29NO2/c1-6-14(5)19-17(18(20)21-7-2)16-10-8-15(9-11-16)12-13(3)4/h8-11,13-14,17,19H,6-7,12H2,1-5H3. The summed E-state index contributed by atoms with van der Waals surface area (Å²) >= 11 is 0. The maximum absolute atomic E-state index is 12.2. The Balaban J connectivity index is 2.88. The molecular weight excluding hydrogens is 262 g/mol. The van der Waals surface area contributed by atoms with Crippen molar-refractivity contribution in [3.05, 3.63) is 35.4 Å². The Hall–Kier alpha value is -1.35. The Labute approximate surface area is 129 Å². The van der Waals surface area contributed by atoms with Gasteiger partial charge in [0.1, 0.15) is 6.04 Å². The Bertz CT molecular complexity index is 425. The fourth-order valence-electron chi connectivity index (χ4n) is 2.25. The van der Waals surface area contributed by atoms with Crippen LogP contribution < -0.4 is 5.32 Å². The number of esters is 1. The highest BCUT2D eigenvalue weighted by atomic mass is 16.5. The van der Waals surface area contributed by atoms with Gasteiger partial charge in [-0.2, -0.15) is 0 Å². The molecule has 0 saturated carbocycles. The number of rotatable bonds is 8. The zero-order chi connectivity index (χ0) is 15.8. The minimum absolute atomic E-state index is 0.200. The highest BCUT2D eigenvalue weighted by molar-refractivity contribution is 5.77. The average Bonchev–Trinajstić information content (AvgIpc) is 2.45. The van der Waals surface area contributed by atoms with Gasteiger partial charge in [-0.3, -0.25) is 5.32 Å². The summed E-state index contributed by atoms with van der Waals surface area (Å²) < 4.78 is 5.20. The molecule has 1 N–H and O–H groups in total. The number of carbonyl (C=O) groups is 1. The van der Waals surface area contributed by atoms with Crippen LogP contribution in [0.2, 0.25) is 0 Å². The Kier molecular flexibility index (Phi) is 7.44. The zero-order valence-electron chi connectivity index (χ0n) is 14.0. The van der Waals surface area contributed by atoms with Crippen LogP contribution in [0.4, 0.5) is 0 Å². The molecule has 118 valence electrons. The van der Waals surface area contributed by atoms with Crippen molar-refractivity contribution in [2.45, 2.75) is 59.5 Å². The summed E-state index contributed by atoms with van der Waals surface area (Å²) in [5.74, 6) is 0.435. The molecule has 2 unspecified atom stereocenters. The van der Waals surface area contributed by atoms with Crippen LogP contribution in [0.15, 0.2) is 24.3 Å². The molecule has 1 rings (SSSR count). The van der Waals surface area contributed by atoms with Gasteiger partial charge in [-0.05, 0) is 43.7 Å². The maximum atomic E-state index is 12.2. The molecular formula is C18H29NO2. The molecule has 3 heteroatoms. The van der Waals surface area contributed by atoms with Gasteiger partial charge in [0, 0.05) is 6.04 Å². The molecule has 0 heterocycles. The highest BCUT2D eigenvalue weighted by Gasteiger charge is 2.23. The maximum Gasteiger partial charge on any atom is 0.327 e. The second-order valence-corrected chi connectivity index (χ2v) is 6.00. The highest BCUT2D eigenvalue weighted by Crippen LogP contribution is 2.18. The molecule has 0 amide bonds. The van der Waals surface area contributed by atoms with Crippen molar-refractivity contribution in [2.75, 3.05) is 6.61 Å². The molecule has 21 heavy (non-hydrogen) atoms. The van der Waals surface area contributed by atoms with Crippen molar-refractivity contribution in [1.29, 1.82) is 0 Å². The second kappa shape index (κ2) is 8.83. The van der Waals surface area contributed by atoms with E-state index >= 15 is 0 Å². The van der Waals surface area contributed by atoms with Crippen LogP contribution in [0.3, 0.4) is 0 Å². The number of carbonyl (C=O) groups excluding carboxylic acids is 1. The molecule has 1 aromatic carbocycles. The van der Waals surface area contributed by atoms with Gasteiger partial charge in [0.05, 0.1) is 6.61 Å². The topological polar surface area (TPSA) is 38.3 Å². The number of hydrogen-bond acceptors (Lipinski definition) is 3. The zero-order valence-corrected chi connectivity index (χ0v) is 14.0. The Morgan fingerprint density at radius 1 is 1.14 bits per heavy atom. The first kappa shape index (κ1) is 17.7. The van der Waals surface area contributed by atoms with Gasteiger partial charge >= 0.3 is 5.97 Å². The third-order valence-electron chi connectivity index (χ3n) is 3.54. The minimum atomic E-state index is -0.381. The van der Waals surface area contributed by atoms with E-state index in [0.29, 0.717) is 12.5 Å². The van der Waals surface area contributed by atoms with Crippen LogP contribution in [0.5, 0.6) is 0 Å². The summed E-state index contributed by atoms with van der Waals surface area (Å²) in [6.07, 6.45) is 2.03. The van der Waals surface area contributed by atoms with Crippen LogP contribution in [0.25, 0.3) is 0 Å². The molecule has 0 aromatic heterocycles. The summed E-state index contributed by atoms with van der Waals surface area (Å²) in [6.45, 7) is 10.8. The van der Waals surface area contributed by atoms with Crippen molar-refractivity contribution in [3.8, 4) is 0 Å². The minimum Gasteiger partial charge on any atom is -0.465 e. The quantitative estimate of drug-likeness (QED) is 0.739. The average molecular weight is 291 g/mol. The molecule has 0 saturated heterocycles. The molecule has 0 bridgehead atoms. The fraction of sp³-hybridized carbons (Fsp3) is 0.611. The number of hydrogen-bond donors (Lipinski definition) is 1. The van der Waals surface area contributed by atoms with Crippen molar-refractivity contribution in [3.63, 3.8) is 0 Å². The monoisotopic (exact) mass is 291 g/mol. The SMILES string of the molecule is CCOC(=O)C(NC(C)CC)c1ccc(CC(C)C)cc1. The van der Waals surface area contributed by atoms with Crippen LogP contribution in [-0.4, -0.2) is 18.6 Å². The summed E-state index contributed by atoms with van der Waals surface area (Å²) in [5.41, 5.74) is 2.28. The van der Waals surface area contributed by atoms with E-state index in [2.05, 4.69) is 45.1 Å². The molecule has 2 atom stereocenters. The van der Waals surface area contributed by atoms with Crippen molar-refractivity contribution in [2.24, 2.45) is 5.92 Å². The molecule has 0 spiro atoms. The molecule has 3 nitrogen and oxygen atoms in total. The second-order valence-electron chi connectivity index (χ2n) is 6.00. The molecule has 0 radical (unpaired) electrons. The lowest BCUT2D eigenvalue weighted by molar-refractivity contribution is -0.146. The summed E-state index contributed by atoms with van der Waals surface area (Å²) in [7, 11) is 0. The summed E-state index contributed by atoms with van der Waals surface area (Å²) in [4.78, 5) is 12.2. The lowest BCUT2D eigenvalue weighted by Crippen LogP contribution is -2.36. The Morgan fingerprint density at radius 3 is 2.24 bits per heavy atom. The fourth-order valence-corrected chi connectivity index (χ4v) is 2.25. The van der Waals surface area contributed by atoms with Crippen molar-refractivity contribution in [1.82, 2.24) is 5.32 Å². The van der Waals surface area contributed by atoms with E-state index in [0.717, 1.165) is 18.4 Å². The predicted octanol–water partition coefficient (Wildman–Crippen LogP) is 3.88. The van der Waals surface area contributed by atoms with E-state index in [1.54, 1.807) is 0 Å². The van der Waals surface area contributed by atoms with Gasteiger partial charge in [-0.1, -0.05) is 45.0 Å². The van der Waals surface area contributed by atoms with E-state index in [-0.39, 0.29) is 18.1 Å². The molecule has 0 aliphatic rings. The number of benzene rings is 1. The lowest BCUT2D eigenvalue weighted by atomic mass is 9.99. The van der Waals surface area contributed by atoms with Crippen molar-refractivity contribution < 1.29 is 9.53 Å². The number of ether oxygens (including phenoxy) is 1. The first-order chi connectivity index (χ1) is 9.97. The molecule has 0 aliphatic carbocycles. The van der Waals surface area contributed by atoms with Gasteiger partial charge in [0.2, 0.25) is 0 Å². The largest absolute Gasteiger partial charge is 0.465 e. The van der Waals surface area contributed by atoms with Crippen LogP contribution >= 0.6 is 0 Å². The van der Waals surface area contributed by atoms with E-state index in [1.807, 2.05) is 19.1 Å². The first-order valence-electron chi connectivity index (χ1n) is 7.99. The molecule has 1 aromatic rings. The van der Waals surface area contributed by atoms with Gasteiger partial charge in [-0.25, -0.2) is 4.79 Å². The van der Waals surface area contributed by atoms with E-state index in [4.69, 9.17) is 4.74 Å². The lowest BCUT2D eigenvalue weighted by Gasteiger charge is -2.22. The normalized spacial score (nSPS) is 14.0. The van der Waals surface area contributed by atoms with Gasteiger partial charge in [0.25, 0.3) is 0 Å². The van der Waals surface area contributed by atoms with Gasteiger partial charge in [0.15, 0.2) is 0 Å². The van der Waals surface area contributed by atoms with Gasteiger partial charge in [-0.15, -0.1) is 0 Å². The van der Waals surface area contributed by atoms with Crippen LogP contribution in [-0.2, 0) is 16.0 Å². The predicted molar refractivity (Wildman–Crippen MR) is 87.2 cm³/mol. The summed E-state index contributed by atoms with van der Waals surface area (Å²) in [6, 6.07) is 8.19. The third kappa shape index (κ3) is 5.88. The van der Waals surface area contributed by atoms with Crippen LogP contribution in [0, 0.1) is 5.92 Å². The van der Waals surface area contributed by atoms with E-state index < -0.39 is 0 Å². The number of nitrogens with one attached hydrogen (secondary N) is 1. The first-order valence-corrected chi connectivity index (χ1v) is 7.99. The molecule has 0 aliphatic heterocycles. The summed E-state index contributed by atoms with van der Waals surface area (Å²) in [5, 5.41) is 3.35. The van der Waals surface area contributed by atoms with Gasteiger partial charge < -0.3 is 4.74 Å². The Morgan fingerprint density at radius 2 is 1.76 bits per heavy atom. The van der Waals surface area contributed by atoms with Crippen molar-refractivity contribution >= 4 is 5.97 Å². The van der Waals surface area contributed by atoms with E-state index in [9.17, 15) is 4.79 Å². The molecule has 0 fully saturated rings. The third-order valence-corrected chi connectivity index (χ3v) is 3.54. The smallest absolute Gasteiger partial charge is 0.327 e. The van der Waals surface area contributed by atoms with E-state index in [1.165, 1.54) is 5.56 Å².